The first-order valence-corrected chi connectivity index (χ1v) is 8.30. The second-order valence-electron chi connectivity index (χ2n) is 5.28. The summed E-state index contributed by atoms with van der Waals surface area (Å²) in [4.78, 5) is 23.3. The third-order valence-electron chi connectivity index (χ3n) is 3.45. The molecule has 0 aromatic carbocycles. The molecule has 0 unspecified atom stereocenters. The standard InChI is InChI=1S/C15H28N2O8.2Na/c18-14(19)13(15(20)21)17-3-7-24-11-9-22-5-1-16-2-6-23-10-12-25-8-4-17;;/h13,16H,1-12H2,(H,18,19)(H,20,21);;/q;2*+1/p-2. The van der Waals surface area contributed by atoms with Crippen LogP contribution in [0.4, 0.5) is 0 Å². The predicted octanol–water partition coefficient (Wildman–Crippen LogP) is -10.2. The first-order valence-electron chi connectivity index (χ1n) is 8.30. The van der Waals surface area contributed by atoms with Gasteiger partial charge in [0.15, 0.2) is 0 Å². The van der Waals surface area contributed by atoms with E-state index in [9.17, 15) is 19.8 Å². The number of rotatable bonds is 3. The van der Waals surface area contributed by atoms with Crippen LogP contribution in [0.1, 0.15) is 0 Å². The Morgan fingerprint density at radius 2 is 1.07 bits per heavy atom. The van der Waals surface area contributed by atoms with Crippen LogP contribution in [-0.2, 0) is 28.5 Å². The van der Waals surface area contributed by atoms with Crippen LogP contribution >= 0.6 is 0 Å². The van der Waals surface area contributed by atoms with Gasteiger partial charge in [-0.3, -0.25) is 4.90 Å². The van der Waals surface area contributed by atoms with Crippen molar-refractivity contribution in [1.82, 2.24) is 10.2 Å². The van der Waals surface area contributed by atoms with Gasteiger partial charge in [-0.15, -0.1) is 0 Å². The molecule has 0 aliphatic carbocycles. The monoisotopic (exact) mass is 408 g/mol. The van der Waals surface area contributed by atoms with Crippen molar-refractivity contribution < 1.29 is 97.9 Å². The normalized spacial score (nSPS) is 19.7. The molecule has 12 heteroatoms. The SMILES string of the molecule is O=C([O-])C(C(=O)[O-])N1CCOCCOCCNCCOCCOCC1.[Na+].[Na+]. The second-order valence-corrected chi connectivity index (χ2v) is 5.28. The van der Waals surface area contributed by atoms with Gasteiger partial charge in [0.2, 0.25) is 0 Å². The molecule has 146 valence electrons. The number of carbonyl (C=O) groups excluding carboxylic acids is 2. The van der Waals surface area contributed by atoms with Gasteiger partial charge in [-0.2, -0.15) is 0 Å². The van der Waals surface area contributed by atoms with Gasteiger partial charge in [0.05, 0.1) is 70.8 Å². The van der Waals surface area contributed by atoms with E-state index in [0.29, 0.717) is 52.7 Å². The third kappa shape index (κ3) is 15.2. The van der Waals surface area contributed by atoms with Crippen molar-refractivity contribution in [3.05, 3.63) is 0 Å². The van der Waals surface area contributed by atoms with Crippen molar-refractivity contribution in [2.45, 2.75) is 6.04 Å². The first-order chi connectivity index (χ1) is 12.1. The van der Waals surface area contributed by atoms with E-state index in [-0.39, 0.29) is 85.4 Å². The van der Waals surface area contributed by atoms with Crippen molar-refractivity contribution in [2.75, 3.05) is 79.0 Å². The fraction of sp³-hybridized carbons (Fsp3) is 0.867. The summed E-state index contributed by atoms with van der Waals surface area (Å²) in [5, 5.41) is 25.3. The average Bonchev–Trinajstić information content (AvgIpc) is 2.55. The van der Waals surface area contributed by atoms with Crippen molar-refractivity contribution >= 4 is 11.9 Å². The Morgan fingerprint density at radius 1 is 0.704 bits per heavy atom. The van der Waals surface area contributed by atoms with E-state index in [2.05, 4.69) is 5.32 Å². The van der Waals surface area contributed by atoms with Gasteiger partial charge >= 0.3 is 59.1 Å². The number of aliphatic carboxylic acids is 2. The molecule has 0 aromatic heterocycles. The van der Waals surface area contributed by atoms with Gasteiger partial charge in [-0.25, -0.2) is 0 Å². The van der Waals surface area contributed by atoms with E-state index in [0.717, 1.165) is 0 Å². The predicted molar refractivity (Wildman–Crippen MR) is 81.5 cm³/mol. The number of ether oxygens (including phenoxy) is 4. The maximum Gasteiger partial charge on any atom is 1.00 e. The topological polar surface area (TPSA) is 132 Å². The summed E-state index contributed by atoms with van der Waals surface area (Å²) in [5.74, 6) is -3.44. The molecule has 1 aliphatic rings. The Balaban J connectivity index is 0. The van der Waals surface area contributed by atoms with Crippen LogP contribution in [0, 0.1) is 0 Å². The van der Waals surface area contributed by atoms with Crippen molar-refractivity contribution in [3.8, 4) is 0 Å². The summed E-state index contributed by atoms with van der Waals surface area (Å²) in [6, 6.07) is -1.85. The van der Waals surface area contributed by atoms with E-state index in [1.165, 1.54) is 4.90 Å². The minimum atomic E-state index is -1.85. The van der Waals surface area contributed by atoms with E-state index < -0.39 is 18.0 Å². The minimum absolute atomic E-state index is 0. The average molecular weight is 408 g/mol. The van der Waals surface area contributed by atoms with Crippen LogP contribution in [0.2, 0.25) is 0 Å². The van der Waals surface area contributed by atoms with Gasteiger partial charge in [0, 0.05) is 26.2 Å². The van der Waals surface area contributed by atoms with Crippen LogP contribution < -0.4 is 74.6 Å². The molecule has 1 rings (SSSR count). The Morgan fingerprint density at radius 3 is 1.44 bits per heavy atom. The van der Waals surface area contributed by atoms with Crippen molar-refractivity contribution in [2.24, 2.45) is 0 Å². The number of carbonyl (C=O) groups is 2. The van der Waals surface area contributed by atoms with Gasteiger partial charge in [0.1, 0.15) is 0 Å². The molecule has 0 saturated carbocycles. The molecule has 1 N–H and O–H groups in total. The van der Waals surface area contributed by atoms with E-state index in [4.69, 9.17) is 18.9 Å². The van der Waals surface area contributed by atoms with Gasteiger partial charge in [-0.05, 0) is 0 Å². The Labute approximate surface area is 203 Å². The molecule has 1 fully saturated rings. The Bertz CT molecular complexity index is 361. The quantitative estimate of drug-likeness (QED) is 0.355. The maximum absolute atomic E-state index is 11.1. The molecule has 0 bridgehead atoms. The van der Waals surface area contributed by atoms with E-state index in [1.807, 2.05) is 0 Å². The number of nitrogens with zero attached hydrogens (tertiary/aromatic N) is 1. The number of hydrogen-bond donors (Lipinski definition) is 1. The number of carboxylic acid groups (broad SMARTS) is 2. The van der Waals surface area contributed by atoms with Crippen LogP contribution in [0.15, 0.2) is 0 Å². The van der Waals surface area contributed by atoms with Crippen molar-refractivity contribution in [1.29, 1.82) is 0 Å². The summed E-state index contributed by atoms with van der Waals surface area (Å²) in [6.07, 6.45) is 0. The molecule has 1 aliphatic heterocycles. The molecular weight excluding hydrogens is 382 g/mol. The molecule has 0 amide bonds. The van der Waals surface area contributed by atoms with Gasteiger partial charge in [0.25, 0.3) is 0 Å². The molecule has 27 heavy (non-hydrogen) atoms. The molecular formula is C15H26N2Na2O8. The third-order valence-corrected chi connectivity index (χ3v) is 3.45. The molecule has 0 aromatic rings. The summed E-state index contributed by atoms with van der Waals surface area (Å²) in [7, 11) is 0. The van der Waals surface area contributed by atoms with E-state index in [1.54, 1.807) is 0 Å². The van der Waals surface area contributed by atoms with Crippen molar-refractivity contribution in [3.63, 3.8) is 0 Å². The minimum Gasteiger partial charge on any atom is -0.548 e. The van der Waals surface area contributed by atoms with Crippen LogP contribution in [0.3, 0.4) is 0 Å². The molecule has 0 radical (unpaired) electrons. The molecule has 10 nitrogen and oxygen atoms in total. The Hall–Kier alpha value is 0.700. The van der Waals surface area contributed by atoms with Crippen LogP contribution in [0.25, 0.3) is 0 Å². The van der Waals surface area contributed by atoms with E-state index >= 15 is 0 Å². The smallest absolute Gasteiger partial charge is 0.548 e. The summed E-state index contributed by atoms with van der Waals surface area (Å²) < 4.78 is 21.4. The molecule has 0 atom stereocenters. The Kier molecular flexibility index (Phi) is 22.1. The van der Waals surface area contributed by atoms with Gasteiger partial charge < -0.3 is 44.1 Å². The fourth-order valence-corrected chi connectivity index (χ4v) is 2.19. The summed E-state index contributed by atoms with van der Waals surface area (Å²) in [5.41, 5.74) is 0. The molecule has 1 heterocycles. The molecule has 0 spiro atoms. The summed E-state index contributed by atoms with van der Waals surface area (Å²) in [6.45, 7) is 4.41. The number of carboxylic acids is 2. The first kappa shape index (κ1) is 29.9. The largest absolute Gasteiger partial charge is 1.00 e. The maximum atomic E-state index is 11.1. The van der Waals surface area contributed by atoms with Gasteiger partial charge in [-0.1, -0.05) is 0 Å². The summed E-state index contributed by atoms with van der Waals surface area (Å²) >= 11 is 0. The zero-order valence-corrected chi connectivity index (χ0v) is 20.3. The second kappa shape index (κ2) is 20.0. The van der Waals surface area contributed by atoms with Crippen LogP contribution in [-0.4, -0.2) is 102 Å². The number of hydrogen-bond acceptors (Lipinski definition) is 10. The zero-order valence-electron chi connectivity index (χ0n) is 16.3. The number of nitrogens with one attached hydrogen (secondary N) is 1. The zero-order chi connectivity index (χ0) is 18.3. The van der Waals surface area contributed by atoms with Crippen LogP contribution in [0.5, 0.6) is 0 Å². The fourth-order valence-electron chi connectivity index (χ4n) is 2.19. The molecule has 1 saturated heterocycles.